The number of rotatable bonds is 2. The van der Waals surface area contributed by atoms with Crippen molar-refractivity contribution in [3.63, 3.8) is 0 Å². The highest BCUT2D eigenvalue weighted by Gasteiger charge is 2.25. The minimum absolute atomic E-state index is 0.173. The van der Waals surface area contributed by atoms with Crippen molar-refractivity contribution in [1.82, 2.24) is 0 Å². The van der Waals surface area contributed by atoms with Gasteiger partial charge < -0.3 is 4.90 Å². The molecule has 3 heteroatoms. The molecule has 92 valence electrons. The van der Waals surface area contributed by atoms with Crippen LogP contribution < -0.4 is 4.90 Å². The lowest BCUT2D eigenvalue weighted by atomic mass is 9.87. The molecule has 0 saturated carbocycles. The van der Waals surface area contributed by atoms with Gasteiger partial charge in [0.2, 0.25) is 0 Å². The molecular weight excluding hydrogens is 232 g/mol. The molecule has 0 N–H and O–H groups in total. The minimum atomic E-state index is 0.173. The third-order valence-electron chi connectivity index (χ3n) is 3.29. The average Bonchev–Trinajstić information content (AvgIpc) is 2.25. The van der Waals surface area contributed by atoms with Crippen molar-refractivity contribution in [2.24, 2.45) is 5.41 Å². The Morgan fingerprint density at radius 2 is 1.94 bits per heavy atom. The van der Waals surface area contributed by atoms with E-state index in [1.807, 2.05) is 13.1 Å². The molecule has 0 bridgehead atoms. The number of benzene rings is 1. The van der Waals surface area contributed by atoms with E-state index >= 15 is 0 Å². The maximum atomic E-state index is 8.81. The fourth-order valence-electron chi connectivity index (χ4n) is 1.65. The molecule has 0 amide bonds. The van der Waals surface area contributed by atoms with Crippen molar-refractivity contribution < 1.29 is 0 Å². The predicted molar refractivity (Wildman–Crippen MR) is 73.5 cm³/mol. The lowest BCUT2D eigenvalue weighted by molar-refractivity contribution is 0.330. The van der Waals surface area contributed by atoms with Gasteiger partial charge in [0, 0.05) is 13.1 Å². The fourth-order valence-corrected chi connectivity index (χ4v) is 1.97. The van der Waals surface area contributed by atoms with Crippen LogP contribution in [0, 0.1) is 16.7 Å². The van der Waals surface area contributed by atoms with Crippen molar-refractivity contribution in [2.45, 2.75) is 33.7 Å². The lowest BCUT2D eigenvalue weighted by Gasteiger charge is -2.37. The van der Waals surface area contributed by atoms with E-state index in [9.17, 15) is 0 Å². The van der Waals surface area contributed by atoms with Gasteiger partial charge in [-0.05, 0) is 30.5 Å². The summed E-state index contributed by atoms with van der Waals surface area (Å²) in [5.41, 5.74) is 1.73. The Balaban J connectivity index is 3.06. The van der Waals surface area contributed by atoms with E-state index in [4.69, 9.17) is 16.9 Å². The molecule has 0 aliphatic heterocycles. The molecule has 1 atom stereocenters. The van der Waals surface area contributed by atoms with Gasteiger partial charge in [0.15, 0.2) is 0 Å². The first-order valence-corrected chi connectivity index (χ1v) is 6.07. The summed E-state index contributed by atoms with van der Waals surface area (Å²) in [7, 11) is 2.03. The molecule has 0 heterocycles. The molecule has 17 heavy (non-hydrogen) atoms. The van der Waals surface area contributed by atoms with Crippen LogP contribution in [0.15, 0.2) is 18.2 Å². The average molecular weight is 251 g/mol. The second-order valence-electron chi connectivity index (χ2n) is 5.43. The van der Waals surface area contributed by atoms with E-state index in [0.29, 0.717) is 16.6 Å². The number of hydrogen-bond donors (Lipinski definition) is 0. The first-order valence-electron chi connectivity index (χ1n) is 5.70. The SMILES string of the molecule is CC(N(C)c1ccc(C#N)cc1Cl)C(C)(C)C. The zero-order chi connectivity index (χ0) is 13.2. The molecule has 1 rings (SSSR count). The number of anilines is 1. The number of nitrogens with zero attached hydrogens (tertiary/aromatic N) is 2. The van der Waals surface area contributed by atoms with Gasteiger partial charge in [-0.2, -0.15) is 5.26 Å². The highest BCUT2D eigenvalue weighted by Crippen LogP contribution is 2.32. The third-order valence-corrected chi connectivity index (χ3v) is 3.59. The Morgan fingerprint density at radius 3 is 2.35 bits per heavy atom. The predicted octanol–water partition coefficient (Wildman–Crippen LogP) is 4.08. The van der Waals surface area contributed by atoms with Crippen LogP contribution in [-0.4, -0.2) is 13.1 Å². The van der Waals surface area contributed by atoms with Gasteiger partial charge in [-0.15, -0.1) is 0 Å². The van der Waals surface area contributed by atoms with Gasteiger partial charge in [0.1, 0.15) is 0 Å². The zero-order valence-corrected chi connectivity index (χ0v) is 11.8. The van der Waals surface area contributed by atoms with Crippen molar-refractivity contribution in [3.8, 4) is 6.07 Å². The first-order chi connectivity index (χ1) is 7.77. The topological polar surface area (TPSA) is 27.0 Å². The molecule has 0 saturated heterocycles. The van der Waals surface area contributed by atoms with E-state index in [2.05, 4.69) is 38.7 Å². The minimum Gasteiger partial charge on any atom is -0.370 e. The van der Waals surface area contributed by atoms with Crippen molar-refractivity contribution in [3.05, 3.63) is 28.8 Å². The molecule has 1 aromatic rings. The molecular formula is C14H19ClN2. The summed E-state index contributed by atoms with van der Waals surface area (Å²) in [6.45, 7) is 8.78. The van der Waals surface area contributed by atoms with Gasteiger partial charge in [0.25, 0.3) is 0 Å². The molecule has 0 aliphatic carbocycles. The molecule has 1 aromatic carbocycles. The second kappa shape index (κ2) is 4.98. The Labute approximate surface area is 109 Å². The van der Waals surface area contributed by atoms with Crippen molar-refractivity contribution >= 4 is 17.3 Å². The van der Waals surface area contributed by atoms with Crippen molar-refractivity contribution in [2.75, 3.05) is 11.9 Å². The van der Waals surface area contributed by atoms with E-state index in [0.717, 1.165) is 5.69 Å². The Morgan fingerprint density at radius 1 is 1.35 bits per heavy atom. The molecule has 0 radical (unpaired) electrons. The monoisotopic (exact) mass is 250 g/mol. The Kier molecular flexibility index (Phi) is 4.06. The van der Waals surface area contributed by atoms with Gasteiger partial charge in [-0.25, -0.2) is 0 Å². The first kappa shape index (κ1) is 13.9. The maximum absolute atomic E-state index is 8.81. The Hall–Kier alpha value is -1.20. The number of hydrogen-bond acceptors (Lipinski definition) is 2. The zero-order valence-electron chi connectivity index (χ0n) is 11.1. The normalized spacial score (nSPS) is 13.0. The smallest absolute Gasteiger partial charge is 0.0992 e. The van der Waals surface area contributed by atoms with Crippen LogP contribution in [0.3, 0.4) is 0 Å². The van der Waals surface area contributed by atoms with Crippen LogP contribution in [0.1, 0.15) is 33.3 Å². The van der Waals surface area contributed by atoms with Gasteiger partial charge in [0.05, 0.1) is 22.3 Å². The molecule has 0 spiro atoms. The van der Waals surface area contributed by atoms with Crippen LogP contribution in [0.25, 0.3) is 0 Å². The summed E-state index contributed by atoms with van der Waals surface area (Å²) in [6, 6.07) is 7.86. The third kappa shape index (κ3) is 3.14. The van der Waals surface area contributed by atoms with E-state index in [-0.39, 0.29) is 5.41 Å². The van der Waals surface area contributed by atoms with Gasteiger partial charge in [-0.3, -0.25) is 0 Å². The quantitative estimate of drug-likeness (QED) is 0.791. The van der Waals surface area contributed by atoms with Crippen LogP contribution in [0.5, 0.6) is 0 Å². The molecule has 1 unspecified atom stereocenters. The van der Waals surface area contributed by atoms with E-state index < -0.39 is 0 Å². The number of halogens is 1. The standard InChI is InChI=1S/C14H19ClN2/c1-10(14(2,3)4)17(5)13-7-6-11(9-16)8-12(13)15/h6-8,10H,1-5H3. The molecule has 0 fully saturated rings. The summed E-state index contributed by atoms with van der Waals surface area (Å²) >= 11 is 6.20. The second-order valence-corrected chi connectivity index (χ2v) is 5.84. The molecule has 0 aliphatic rings. The summed E-state index contributed by atoms with van der Waals surface area (Å²) in [5, 5.41) is 9.44. The summed E-state index contributed by atoms with van der Waals surface area (Å²) in [4.78, 5) is 2.16. The summed E-state index contributed by atoms with van der Waals surface area (Å²) in [5.74, 6) is 0. The number of nitriles is 1. The van der Waals surface area contributed by atoms with Crippen LogP contribution in [-0.2, 0) is 0 Å². The van der Waals surface area contributed by atoms with Gasteiger partial charge >= 0.3 is 0 Å². The summed E-state index contributed by atoms with van der Waals surface area (Å²) in [6.07, 6.45) is 0. The van der Waals surface area contributed by atoms with Gasteiger partial charge in [-0.1, -0.05) is 32.4 Å². The highest BCUT2D eigenvalue weighted by atomic mass is 35.5. The van der Waals surface area contributed by atoms with Crippen LogP contribution in [0.4, 0.5) is 5.69 Å². The van der Waals surface area contributed by atoms with Crippen LogP contribution >= 0.6 is 11.6 Å². The largest absolute Gasteiger partial charge is 0.370 e. The van der Waals surface area contributed by atoms with Crippen LogP contribution in [0.2, 0.25) is 5.02 Å². The lowest BCUT2D eigenvalue weighted by Crippen LogP contribution is -2.39. The summed E-state index contributed by atoms with van der Waals surface area (Å²) < 4.78 is 0. The van der Waals surface area contributed by atoms with E-state index in [1.165, 1.54) is 0 Å². The fraction of sp³-hybridized carbons (Fsp3) is 0.500. The van der Waals surface area contributed by atoms with Crippen molar-refractivity contribution in [1.29, 1.82) is 5.26 Å². The molecule has 2 nitrogen and oxygen atoms in total. The highest BCUT2D eigenvalue weighted by molar-refractivity contribution is 6.33. The molecule has 0 aromatic heterocycles. The van der Waals surface area contributed by atoms with E-state index in [1.54, 1.807) is 12.1 Å². The Bertz CT molecular complexity index is 441. The maximum Gasteiger partial charge on any atom is 0.0992 e.